The van der Waals surface area contributed by atoms with E-state index in [1.165, 1.54) is 30.0 Å². The lowest BCUT2D eigenvalue weighted by Crippen LogP contribution is -2.14. The molecule has 1 fully saturated rings. The lowest BCUT2D eigenvalue weighted by Gasteiger charge is -2.13. The molecule has 1 heterocycles. The van der Waals surface area contributed by atoms with Gasteiger partial charge in [-0.15, -0.1) is 11.8 Å². The summed E-state index contributed by atoms with van der Waals surface area (Å²) in [7, 11) is 3.92. The van der Waals surface area contributed by atoms with Crippen LogP contribution in [0.2, 0.25) is 0 Å². The molecule has 2 nitrogen and oxygen atoms in total. The molecule has 0 aromatic heterocycles. The summed E-state index contributed by atoms with van der Waals surface area (Å²) in [6.07, 6.45) is 1.29. The topological polar surface area (TPSA) is 12.5 Å². The van der Waals surface area contributed by atoms with Gasteiger partial charge in [0.05, 0.1) is 7.11 Å². The van der Waals surface area contributed by atoms with Gasteiger partial charge in [0.1, 0.15) is 5.75 Å². The fourth-order valence-electron chi connectivity index (χ4n) is 2.00. The van der Waals surface area contributed by atoms with Crippen molar-refractivity contribution >= 4 is 11.8 Å². The molecule has 0 saturated carbocycles. The van der Waals surface area contributed by atoms with Gasteiger partial charge in [-0.05, 0) is 44.6 Å². The SMILES string of the molecule is COc1ccc(C)c(SC2CCN(C)C2)c1. The zero-order valence-corrected chi connectivity index (χ0v) is 11.0. The summed E-state index contributed by atoms with van der Waals surface area (Å²) in [6, 6.07) is 6.32. The van der Waals surface area contributed by atoms with Crippen molar-refractivity contribution in [2.45, 2.75) is 23.5 Å². The van der Waals surface area contributed by atoms with Gasteiger partial charge in [0, 0.05) is 16.7 Å². The van der Waals surface area contributed by atoms with Gasteiger partial charge >= 0.3 is 0 Å². The van der Waals surface area contributed by atoms with Crippen molar-refractivity contribution in [1.82, 2.24) is 4.90 Å². The molecule has 0 amide bonds. The van der Waals surface area contributed by atoms with E-state index in [0.29, 0.717) is 0 Å². The van der Waals surface area contributed by atoms with Crippen LogP contribution in [0.4, 0.5) is 0 Å². The van der Waals surface area contributed by atoms with E-state index in [9.17, 15) is 0 Å². The van der Waals surface area contributed by atoms with Crippen molar-refractivity contribution in [3.63, 3.8) is 0 Å². The second-order valence-corrected chi connectivity index (χ2v) is 5.76. The predicted molar refractivity (Wildman–Crippen MR) is 69.5 cm³/mol. The second kappa shape index (κ2) is 5.11. The van der Waals surface area contributed by atoms with Crippen molar-refractivity contribution in [3.8, 4) is 5.75 Å². The number of aryl methyl sites for hydroxylation is 1. The molecule has 0 aliphatic carbocycles. The van der Waals surface area contributed by atoms with E-state index in [4.69, 9.17) is 4.74 Å². The van der Waals surface area contributed by atoms with E-state index in [1.807, 2.05) is 17.8 Å². The zero-order chi connectivity index (χ0) is 11.5. The van der Waals surface area contributed by atoms with E-state index in [-0.39, 0.29) is 0 Å². The Hall–Kier alpha value is -0.670. The Morgan fingerprint density at radius 3 is 2.88 bits per heavy atom. The summed E-state index contributed by atoms with van der Waals surface area (Å²) in [4.78, 5) is 3.76. The minimum atomic E-state index is 0.732. The summed E-state index contributed by atoms with van der Waals surface area (Å²) in [6.45, 7) is 4.59. The van der Waals surface area contributed by atoms with Crippen molar-refractivity contribution < 1.29 is 4.74 Å². The van der Waals surface area contributed by atoms with Gasteiger partial charge in [-0.1, -0.05) is 6.07 Å². The molecular weight excluding hydrogens is 218 g/mol. The third-order valence-electron chi connectivity index (χ3n) is 3.04. The van der Waals surface area contributed by atoms with Gasteiger partial charge in [-0.3, -0.25) is 0 Å². The molecule has 1 aromatic carbocycles. The molecule has 88 valence electrons. The molecule has 0 bridgehead atoms. The number of benzene rings is 1. The Labute approximate surface area is 102 Å². The van der Waals surface area contributed by atoms with E-state index in [0.717, 1.165) is 11.0 Å². The van der Waals surface area contributed by atoms with Gasteiger partial charge in [0.25, 0.3) is 0 Å². The molecule has 16 heavy (non-hydrogen) atoms. The Morgan fingerprint density at radius 2 is 2.25 bits per heavy atom. The van der Waals surface area contributed by atoms with Crippen LogP contribution in [0.5, 0.6) is 5.75 Å². The highest BCUT2D eigenvalue weighted by atomic mass is 32.2. The van der Waals surface area contributed by atoms with Gasteiger partial charge in [-0.25, -0.2) is 0 Å². The minimum Gasteiger partial charge on any atom is -0.497 e. The largest absolute Gasteiger partial charge is 0.497 e. The second-order valence-electron chi connectivity index (χ2n) is 4.42. The van der Waals surface area contributed by atoms with Crippen LogP contribution in [-0.4, -0.2) is 37.4 Å². The molecule has 1 atom stereocenters. The Balaban J connectivity index is 2.08. The molecule has 1 aliphatic heterocycles. The van der Waals surface area contributed by atoms with E-state index in [1.54, 1.807) is 7.11 Å². The zero-order valence-electron chi connectivity index (χ0n) is 10.2. The maximum atomic E-state index is 5.27. The number of hydrogen-bond donors (Lipinski definition) is 0. The number of nitrogens with zero attached hydrogens (tertiary/aromatic N) is 1. The summed E-state index contributed by atoms with van der Waals surface area (Å²) >= 11 is 1.99. The number of ether oxygens (including phenoxy) is 1. The quantitative estimate of drug-likeness (QED) is 0.802. The molecule has 1 aromatic rings. The highest BCUT2D eigenvalue weighted by molar-refractivity contribution is 8.00. The van der Waals surface area contributed by atoms with Crippen molar-refractivity contribution in [2.24, 2.45) is 0 Å². The summed E-state index contributed by atoms with van der Waals surface area (Å²) in [5.41, 5.74) is 1.35. The molecule has 2 rings (SSSR count). The predicted octanol–water partition coefficient (Wildman–Crippen LogP) is 2.80. The fourth-order valence-corrected chi connectivity index (χ4v) is 3.35. The molecule has 0 radical (unpaired) electrons. The monoisotopic (exact) mass is 237 g/mol. The van der Waals surface area contributed by atoms with Gasteiger partial charge in [0.2, 0.25) is 0 Å². The Morgan fingerprint density at radius 1 is 1.44 bits per heavy atom. The molecule has 3 heteroatoms. The average Bonchev–Trinajstić information content (AvgIpc) is 2.67. The average molecular weight is 237 g/mol. The maximum absolute atomic E-state index is 5.27. The summed E-state index contributed by atoms with van der Waals surface area (Å²) < 4.78 is 5.27. The van der Waals surface area contributed by atoms with Crippen molar-refractivity contribution in [3.05, 3.63) is 23.8 Å². The van der Waals surface area contributed by atoms with Crippen molar-refractivity contribution in [2.75, 3.05) is 27.2 Å². The van der Waals surface area contributed by atoms with Crippen LogP contribution in [0.25, 0.3) is 0 Å². The highest BCUT2D eigenvalue weighted by Gasteiger charge is 2.20. The first-order valence-electron chi connectivity index (χ1n) is 5.69. The molecule has 0 spiro atoms. The third-order valence-corrected chi connectivity index (χ3v) is 4.45. The first-order valence-corrected chi connectivity index (χ1v) is 6.57. The smallest absolute Gasteiger partial charge is 0.119 e. The lowest BCUT2D eigenvalue weighted by molar-refractivity contribution is 0.413. The van der Waals surface area contributed by atoms with Gasteiger partial charge < -0.3 is 9.64 Å². The first-order chi connectivity index (χ1) is 7.69. The normalized spacial score (nSPS) is 21.3. The number of likely N-dealkylation sites (tertiary alicyclic amines) is 1. The molecule has 1 unspecified atom stereocenters. The number of hydrogen-bond acceptors (Lipinski definition) is 3. The number of thioether (sulfide) groups is 1. The van der Waals surface area contributed by atoms with Crippen LogP contribution in [0, 0.1) is 6.92 Å². The van der Waals surface area contributed by atoms with Crippen LogP contribution in [-0.2, 0) is 0 Å². The Kier molecular flexibility index (Phi) is 3.77. The molecular formula is C13H19NOS. The van der Waals surface area contributed by atoms with Crippen LogP contribution in [0.1, 0.15) is 12.0 Å². The van der Waals surface area contributed by atoms with Crippen LogP contribution >= 0.6 is 11.8 Å². The molecule has 1 aliphatic rings. The Bertz CT molecular complexity index is 367. The number of rotatable bonds is 3. The van der Waals surface area contributed by atoms with E-state index < -0.39 is 0 Å². The number of methoxy groups -OCH3 is 1. The minimum absolute atomic E-state index is 0.732. The lowest BCUT2D eigenvalue weighted by atomic mass is 10.2. The molecule has 0 N–H and O–H groups in total. The van der Waals surface area contributed by atoms with Crippen molar-refractivity contribution in [1.29, 1.82) is 0 Å². The fraction of sp³-hybridized carbons (Fsp3) is 0.538. The molecule has 1 saturated heterocycles. The first kappa shape index (κ1) is 11.8. The maximum Gasteiger partial charge on any atom is 0.119 e. The van der Waals surface area contributed by atoms with E-state index in [2.05, 4.69) is 31.0 Å². The summed E-state index contributed by atoms with van der Waals surface area (Å²) in [5, 5.41) is 0.732. The third kappa shape index (κ3) is 2.71. The summed E-state index contributed by atoms with van der Waals surface area (Å²) in [5.74, 6) is 0.958. The standard InChI is InChI=1S/C13H19NOS/c1-10-4-5-11(15-3)8-13(10)16-12-6-7-14(2)9-12/h4-5,8,12H,6-7,9H2,1-3H3. The van der Waals surface area contributed by atoms with E-state index >= 15 is 0 Å². The van der Waals surface area contributed by atoms with Gasteiger partial charge in [-0.2, -0.15) is 0 Å². The van der Waals surface area contributed by atoms with Crippen LogP contribution in [0.3, 0.4) is 0 Å². The highest BCUT2D eigenvalue weighted by Crippen LogP contribution is 2.33. The van der Waals surface area contributed by atoms with Crippen LogP contribution in [0.15, 0.2) is 23.1 Å². The van der Waals surface area contributed by atoms with Gasteiger partial charge in [0.15, 0.2) is 0 Å². The van der Waals surface area contributed by atoms with Crippen LogP contribution < -0.4 is 4.74 Å².